The fourth-order valence-electron chi connectivity index (χ4n) is 3.06. The minimum atomic E-state index is 0.452. The van der Waals surface area contributed by atoms with Gasteiger partial charge in [-0.2, -0.15) is 5.10 Å². The van der Waals surface area contributed by atoms with Gasteiger partial charge in [0.05, 0.1) is 34.4 Å². The third-order valence-electron chi connectivity index (χ3n) is 4.47. The van der Waals surface area contributed by atoms with Crippen LogP contribution in [0.3, 0.4) is 0 Å². The summed E-state index contributed by atoms with van der Waals surface area (Å²) in [5.41, 5.74) is 2.99. The predicted octanol–water partition coefficient (Wildman–Crippen LogP) is 4.45. The zero-order chi connectivity index (χ0) is 19.3. The number of methoxy groups -OCH3 is 1. The summed E-state index contributed by atoms with van der Waals surface area (Å²) in [5, 5.41) is 14.8. The maximum atomic E-state index is 6.14. The van der Waals surface area contributed by atoms with Crippen molar-refractivity contribution in [2.45, 2.75) is 0 Å². The van der Waals surface area contributed by atoms with Crippen molar-refractivity contribution in [3.8, 4) is 22.8 Å². The van der Waals surface area contributed by atoms with Crippen molar-refractivity contribution in [2.75, 3.05) is 7.11 Å². The van der Waals surface area contributed by atoms with E-state index in [0.717, 1.165) is 22.4 Å². The van der Waals surface area contributed by atoms with E-state index in [2.05, 4.69) is 20.3 Å². The summed E-state index contributed by atoms with van der Waals surface area (Å²) in [6.07, 6.45) is 3.40. The van der Waals surface area contributed by atoms with Crippen LogP contribution in [0.4, 0.5) is 0 Å². The Morgan fingerprint density at radius 1 is 0.929 bits per heavy atom. The highest BCUT2D eigenvalue weighted by Gasteiger charge is 2.16. The number of ether oxygens (including phenoxy) is 1. The molecular weight excluding hydrogens is 399 g/mol. The Kier molecular flexibility index (Phi) is 3.92. The lowest BCUT2D eigenvalue weighted by molar-refractivity contribution is 0.415. The maximum Gasteiger partial charge on any atom is 0.175 e. The number of benzene rings is 2. The molecule has 7 nitrogen and oxygen atoms in total. The quantitative estimate of drug-likeness (QED) is 0.439. The smallest absolute Gasteiger partial charge is 0.175 e. The summed E-state index contributed by atoms with van der Waals surface area (Å²) < 4.78 is 8.74. The highest BCUT2D eigenvalue weighted by molar-refractivity contribution is 6.42. The Morgan fingerprint density at radius 3 is 2.50 bits per heavy atom. The molecule has 0 atom stereocenters. The van der Waals surface area contributed by atoms with Gasteiger partial charge in [0.1, 0.15) is 12.1 Å². The molecule has 0 fully saturated rings. The van der Waals surface area contributed by atoms with Crippen molar-refractivity contribution in [3.05, 3.63) is 65.0 Å². The van der Waals surface area contributed by atoms with Gasteiger partial charge < -0.3 is 4.74 Å². The molecule has 0 spiro atoms. The van der Waals surface area contributed by atoms with Gasteiger partial charge >= 0.3 is 0 Å². The molecule has 0 saturated heterocycles. The predicted molar refractivity (Wildman–Crippen MR) is 107 cm³/mol. The largest absolute Gasteiger partial charge is 0.497 e. The Balaban J connectivity index is 1.66. The molecule has 0 radical (unpaired) electrons. The SMILES string of the molecule is COc1ccc(-c2nnc3c4cnn(-c5ccc(Cl)c(Cl)c5)c4ncn23)cc1. The first kappa shape index (κ1) is 17.0. The molecule has 0 amide bonds. The zero-order valence-corrected chi connectivity index (χ0v) is 16.1. The number of rotatable bonds is 3. The first-order chi connectivity index (χ1) is 13.7. The fourth-order valence-corrected chi connectivity index (χ4v) is 3.36. The van der Waals surface area contributed by atoms with Crippen molar-refractivity contribution in [1.29, 1.82) is 0 Å². The van der Waals surface area contributed by atoms with Crippen LogP contribution >= 0.6 is 23.2 Å². The normalized spacial score (nSPS) is 11.4. The highest BCUT2D eigenvalue weighted by Crippen LogP contribution is 2.28. The summed E-state index contributed by atoms with van der Waals surface area (Å²) in [7, 11) is 1.63. The molecule has 5 rings (SSSR count). The summed E-state index contributed by atoms with van der Waals surface area (Å²) >= 11 is 12.2. The third-order valence-corrected chi connectivity index (χ3v) is 5.21. The molecule has 5 aromatic rings. The number of aromatic nitrogens is 6. The zero-order valence-electron chi connectivity index (χ0n) is 14.5. The van der Waals surface area contributed by atoms with E-state index >= 15 is 0 Å². The minimum absolute atomic E-state index is 0.452. The lowest BCUT2D eigenvalue weighted by Crippen LogP contribution is -1.99. The molecule has 0 aliphatic heterocycles. The molecule has 3 aromatic heterocycles. The van der Waals surface area contributed by atoms with E-state index in [1.54, 1.807) is 36.4 Å². The molecule has 3 heterocycles. The van der Waals surface area contributed by atoms with Gasteiger partial charge in [0.25, 0.3) is 0 Å². The highest BCUT2D eigenvalue weighted by atomic mass is 35.5. The van der Waals surface area contributed by atoms with Crippen LogP contribution in [0.2, 0.25) is 10.0 Å². The molecule has 138 valence electrons. The van der Waals surface area contributed by atoms with Crippen LogP contribution in [0.1, 0.15) is 0 Å². The van der Waals surface area contributed by atoms with Crippen LogP contribution in [-0.4, -0.2) is 36.5 Å². The van der Waals surface area contributed by atoms with Crippen molar-refractivity contribution in [1.82, 2.24) is 29.4 Å². The van der Waals surface area contributed by atoms with Gasteiger partial charge in [0.15, 0.2) is 17.1 Å². The second-order valence-electron chi connectivity index (χ2n) is 6.08. The Hall–Kier alpha value is -3.16. The Bertz CT molecular complexity index is 1330. The van der Waals surface area contributed by atoms with E-state index in [4.69, 9.17) is 27.9 Å². The number of hydrogen-bond donors (Lipinski definition) is 0. The van der Waals surface area contributed by atoms with Crippen LogP contribution in [0.15, 0.2) is 55.0 Å². The monoisotopic (exact) mass is 410 g/mol. The number of fused-ring (bicyclic) bond motifs is 3. The van der Waals surface area contributed by atoms with Crippen LogP contribution in [0.25, 0.3) is 33.8 Å². The molecule has 28 heavy (non-hydrogen) atoms. The second kappa shape index (κ2) is 6.47. The van der Waals surface area contributed by atoms with Gasteiger partial charge in [0, 0.05) is 5.56 Å². The van der Waals surface area contributed by atoms with Crippen molar-refractivity contribution >= 4 is 39.9 Å². The van der Waals surface area contributed by atoms with Gasteiger partial charge in [-0.1, -0.05) is 23.2 Å². The van der Waals surface area contributed by atoms with Crippen molar-refractivity contribution in [3.63, 3.8) is 0 Å². The number of hydrogen-bond acceptors (Lipinski definition) is 5. The van der Waals surface area contributed by atoms with E-state index in [1.165, 1.54) is 0 Å². The van der Waals surface area contributed by atoms with E-state index in [0.29, 0.717) is 27.2 Å². The molecule has 0 saturated carbocycles. The van der Waals surface area contributed by atoms with Crippen LogP contribution in [0.5, 0.6) is 5.75 Å². The number of halogens is 2. The van der Waals surface area contributed by atoms with Crippen LogP contribution in [-0.2, 0) is 0 Å². The molecular formula is C19H12Cl2N6O. The van der Waals surface area contributed by atoms with E-state index in [9.17, 15) is 0 Å². The maximum absolute atomic E-state index is 6.14. The van der Waals surface area contributed by atoms with Gasteiger partial charge in [-0.3, -0.25) is 4.40 Å². The first-order valence-corrected chi connectivity index (χ1v) is 9.08. The molecule has 0 N–H and O–H groups in total. The summed E-state index contributed by atoms with van der Waals surface area (Å²) in [4.78, 5) is 4.57. The van der Waals surface area contributed by atoms with E-state index < -0.39 is 0 Å². The van der Waals surface area contributed by atoms with Crippen LogP contribution < -0.4 is 4.74 Å². The van der Waals surface area contributed by atoms with Crippen molar-refractivity contribution < 1.29 is 4.74 Å². The Morgan fingerprint density at radius 2 is 1.75 bits per heavy atom. The van der Waals surface area contributed by atoms with Gasteiger partial charge in [-0.15, -0.1) is 10.2 Å². The fraction of sp³-hybridized carbons (Fsp3) is 0.0526. The first-order valence-electron chi connectivity index (χ1n) is 8.33. The minimum Gasteiger partial charge on any atom is -0.497 e. The van der Waals surface area contributed by atoms with Gasteiger partial charge in [-0.25, -0.2) is 9.67 Å². The second-order valence-corrected chi connectivity index (χ2v) is 6.90. The Labute approximate surface area is 169 Å². The third kappa shape index (κ3) is 2.59. The molecule has 2 aromatic carbocycles. The molecule has 0 aliphatic carbocycles. The summed E-state index contributed by atoms with van der Waals surface area (Å²) in [6.45, 7) is 0. The average molecular weight is 411 g/mol. The standard InChI is InChI=1S/C19H12Cl2N6O/c1-28-13-5-2-11(3-6-13)17-24-25-19-14-9-23-27(18(14)22-10-26(17)19)12-4-7-15(20)16(21)8-12/h2-10H,1H3. The van der Waals surface area contributed by atoms with E-state index in [-0.39, 0.29) is 0 Å². The topological polar surface area (TPSA) is 70.1 Å². The molecule has 0 unspecified atom stereocenters. The summed E-state index contributed by atoms with van der Waals surface area (Å²) in [5.74, 6) is 1.47. The van der Waals surface area contributed by atoms with Gasteiger partial charge in [-0.05, 0) is 42.5 Å². The molecule has 0 aliphatic rings. The van der Waals surface area contributed by atoms with Crippen LogP contribution in [0, 0.1) is 0 Å². The molecule has 9 heteroatoms. The average Bonchev–Trinajstić information content (AvgIpc) is 3.34. The van der Waals surface area contributed by atoms with Gasteiger partial charge in [0.2, 0.25) is 0 Å². The molecule has 0 bridgehead atoms. The number of nitrogens with zero attached hydrogens (tertiary/aromatic N) is 6. The summed E-state index contributed by atoms with van der Waals surface area (Å²) in [6, 6.07) is 12.9. The van der Waals surface area contributed by atoms with E-state index in [1.807, 2.05) is 34.7 Å². The lowest BCUT2D eigenvalue weighted by Gasteiger charge is -2.05. The lowest BCUT2D eigenvalue weighted by atomic mass is 10.2. The van der Waals surface area contributed by atoms with Crippen molar-refractivity contribution in [2.24, 2.45) is 0 Å².